The average molecular weight is 400 g/mol. The molecule has 4 nitrogen and oxygen atoms in total. The number of thiocarbonyl (C=S) groups is 1. The summed E-state index contributed by atoms with van der Waals surface area (Å²) in [4.78, 5) is 20.5. The van der Waals surface area contributed by atoms with E-state index in [9.17, 15) is 4.79 Å². The van der Waals surface area contributed by atoms with Gasteiger partial charge in [-0.1, -0.05) is 41.4 Å². The number of hydrogen-bond acceptors (Lipinski definition) is 4. The highest BCUT2D eigenvalue weighted by Gasteiger charge is 2.36. The average Bonchev–Trinajstić information content (AvgIpc) is 3.21. The molecule has 1 aliphatic rings. The minimum atomic E-state index is -0.0763. The topological polar surface area (TPSA) is 36.4 Å². The van der Waals surface area contributed by atoms with Gasteiger partial charge in [-0.05, 0) is 43.4 Å². The van der Waals surface area contributed by atoms with Crippen LogP contribution in [-0.4, -0.2) is 22.5 Å². The maximum atomic E-state index is 12.6. The Bertz CT molecular complexity index is 983. The molecule has 7 heteroatoms. The van der Waals surface area contributed by atoms with Crippen LogP contribution in [0.4, 0.5) is 10.8 Å². The highest BCUT2D eigenvalue weighted by atomic mass is 35.5. The number of halogens is 1. The van der Waals surface area contributed by atoms with Gasteiger partial charge in [0.15, 0.2) is 10.2 Å². The number of amides is 1. The summed E-state index contributed by atoms with van der Waals surface area (Å²) in [7, 11) is 0. The van der Waals surface area contributed by atoms with Gasteiger partial charge < -0.3 is 4.90 Å². The van der Waals surface area contributed by atoms with E-state index in [0.29, 0.717) is 15.3 Å². The van der Waals surface area contributed by atoms with Crippen molar-refractivity contribution in [3.63, 3.8) is 0 Å². The van der Waals surface area contributed by atoms with Gasteiger partial charge in [0.2, 0.25) is 0 Å². The highest BCUT2D eigenvalue weighted by molar-refractivity contribution is 7.81. The fraction of sp³-hybridized carbons (Fsp3) is 0.105. The molecule has 0 bridgehead atoms. The van der Waals surface area contributed by atoms with E-state index in [1.54, 1.807) is 0 Å². The zero-order valence-corrected chi connectivity index (χ0v) is 16.2. The first kappa shape index (κ1) is 17.1. The second-order valence-corrected chi connectivity index (χ2v) is 7.59. The Hall–Kier alpha value is -2.28. The molecule has 0 radical (unpaired) electrons. The number of hydrogen-bond donors (Lipinski definition) is 0. The van der Waals surface area contributed by atoms with Gasteiger partial charge in [-0.25, -0.2) is 9.88 Å². The number of aryl methyl sites for hydroxylation is 1. The lowest BCUT2D eigenvalue weighted by Gasteiger charge is -2.18. The van der Waals surface area contributed by atoms with E-state index in [1.807, 2.05) is 65.7 Å². The summed E-state index contributed by atoms with van der Waals surface area (Å²) < 4.78 is 0. The van der Waals surface area contributed by atoms with Crippen LogP contribution in [0.15, 0.2) is 53.9 Å². The molecule has 1 aliphatic heterocycles. The predicted molar refractivity (Wildman–Crippen MR) is 111 cm³/mol. The number of carbonyl (C=O) groups is 1. The molecule has 1 saturated heterocycles. The van der Waals surface area contributed by atoms with E-state index in [-0.39, 0.29) is 12.5 Å². The molecule has 4 rings (SSSR count). The third kappa shape index (κ3) is 3.11. The molecule has 3 aromatic rings. The molecule has 2 heterocycles. The molecule has 1 amide bonds. The summed E-state index contributed by atoms with van der Waals surface area (Å²) in [5.41, 5.74) is 3.82. The standard InChI is InChI=1S/C19H14ClN3OS2/c1-12-2-8-15(9-3-12)22-10-17(24)23(19(22)25)18-21-16(11-26-18)13-4-6-14(20)7-5-13/h2-9,11H,10H2,1H3. The van der Waals surface area contributed by atoms with Crippen LogP contribution in [-0.2, 0) is 4.79 Å². The molecule has 0 N–H and O–H groups in total. The van der Waals surface area contributed by atoms with Crippen molar-refractivity contribution < 1.29 is 4.79 Å². The van der Waals surface area contributed by atoms with Crippen molar-refractivity contribution in [1.29, 1.82) is 0 Å². The van der Waals surface area contributed by atoms with Crippen LogP contribution in [0.5, 0.6) is 0 Å². The second kappa shape index (κ2) is 6.79. The van der Waals surface area contributed by atoms with Crippen LogP contribution >= 0.6 is 35.2 Å². The summed E-state index contributed by atoms with van der Waals surface area (Å²) in [6, 6.07) is 15.4. The Kier molecular flexibility index (Phi) is 4.48. The van der Waals surface area contributed by atoms with Gasteiger partial charge in [-0.2, -0.15) is 0 Å². The largest absolute Gasteiger partial charge is 0.309 e. The first-order valence-corrected chi connectivity index (χ1v) is 9.62. The summed E-state index contributed by atoms with van der Waals surface area (Å²) in [6.07, 6.45) is 0. The van der Waals surface area contributed by atoms with Crippen molar-refractivity contribution in [1.82, 2.24) is 4.98 Å². The van der Waals surface area contributed by atoms with Crippen LogP contribution < -0.4 is 9.80 Å². The quantitative estimate of drug-likeness (QED) is 0.586. The van der Waals surface area contributed by atoms with E-state index in [1.165, 1.54) is 16.2 Å². The summed E-state index contributed by atoms with van der Waals surface area (Å²) in [5.74, 6) is -0.0763. The maximum Gasteiger partial charge on any atom is 0.255 e. The molecule has 1 aromatic heterocycles. The van der Waals surface area contributed by atoms with Crippen molar-refractivity contribution in [2.24, 2.45) is 0 Å². The van der Waals surface area contributed by atoms with Gasteiger partial charge >= 0.3 is 0 Å². The van der Waals surface area contributed by atoms with E-state index < -0.39 is 0 Å². The van der Waals surface area contributed by atoms with Crippen LogP contribution in [0.3, 0.4) is 0 Å². The van der Waals surface area contributed by atoms with Gasteiger partial charge in [0.1, 0.15) is 6.54 Å². The molecule has 130 valence electrons. The van der Waals surface area contributed by atoms with Crippen molar-refractivity contribution in [3.8, 4) is 11.3 Å². The zero-order chi connectivity index (χ0) is 18.3. The van der Waals surface area contributed by atoms with Gasteiger partial charge in [0, 0.05) is 21.7 Å². The predicted octanol–water partition coefficient (Wildman–Crippen LogP) is 4.91. The smallest absolute Gasteiger partial charge is 0.255 e. The Morgan fingerprint density at radius 3 is 2.50 bits per heavy atom. The van der Waals surface area contributed by atoms with Crippen molar-refractivity contribution in [3.05, 3.63) is 64.5 Å². The van der Waals surface area contributed by atoms with Crippen molar-refractivity contribution in [2.45, 2.75) is 6.92 Å². The SMILES string of the molecule is Cc1ccc(N2CC(=O)N(c3nc(-c4ccc(Cl)cc4)cs3)C2=S)cc1. The highest BCUT2D eigenvalue weighted by Crippen LogP contribution is 2.32. The Balaban J connectivity index is 1.62. The third-order valence-electron chi connectivity index (χ3n) is 4.13. The fourth-order valence-corrected chi connectivity index (χ4v) is 4.13. The minimum absolute atomic E-state index is 0.0763. The first-order valence-electron chi connectivity index (χ1n) is 7.95. The lowest BCUT2D eigenvalue weighted by molar-refractivity contribution is -0.115. The number of aromatic nitrogens is 1. The molecular formula is C19H14ClN3OS2. The maximum absolute atomic E-state index is 12.6. The fourth-order valence-electron chi connectivity index (χ4n) is 2.74. The van der Waals surface area contributed by atoms with Crippen LogP contribution in [0, 0.1) is 6.92 Å². The van der Waals surface area contributed by atoms with E-state index >= 15 is 0 Å². The Morgan fingerprint density at radius 2 is 1.81 bits per heavy atom. The van der Waals surface area contributed by atoms with E-state index in [0.717, 1.165) is 22.5 Å². The number of rotatable bonds is 3. The Morgan fingerprint density at radius 1 is 1.12 bits per heavy atom. The van der Waals surface area contributed by atoms with Gasteiger partial charge in [-0.3, -0.25) is 4.79 Å². The number of thiazole rings is 1. The molecule has 0 spiro atoms. The molecule has 26 heavy (non-hydrogen) atoms. The Labute approximate surface area is 165 Å². The minimum Gasteiger partial charge on any atom is -0.309 e. The molecule has 1 fully saturated rings. The van der Waals surface area contributed by atoms with Gasteiger partial charge in [-0.15, -0.1) is 11.3 Å². The number of nitrogens with zero attached hydrogens (tertiary/aromatic N) is 3. The molecular weight excluding hydrogens is 386 g/mol. The molecule has 0 atom stereocenters. The summed E-state index contributed by atoms with van der Waals surface area (Å²) >= 11 is 12.9. The molecule has 0 saturated carbocycles. The number of carbonyl (C=O) groups excluding carboxylic acids is 1. The van der Waals surface area contributed by atoms with Gasteiger partial charge in [0.05, 0.1) is 5.69 Å². The molecule has 0 unspecified atom stereocenters. The normalized spacial score (nSPS) is 14.4. The monoisotopic (exact) mass is 399 g/mol. The third-order valence-corrected chi connectivity index (χ3v) is 5.61. The molecule has 0 aliphatic carbocycles. The van der Waals surface area contributed by atoms with E-state index in [2.05, 4.69) is 4.98 Å². The molecule has 2 aromatic carbocycles. The van der Waals surface area contributed by atoms with Crippen LogP contribution in [0.1, 0.15) is 5.56 Å². The number of anilines is 2. The summed E-state index contributed by atoms with van der Waals surface area (Å²) in [6.45, 7) is 2.25. The lowest BCUT2D eigenvalue weighted by atomic mass is 10.2. The van der Waals surface area contributed by atoms with Gasteiger partial charge in [0.25, 0.3) is 5.91 Å². The zero-order valence-electron chi connectivity index (χ0n) is 13.8. The van der Waals surface area contributed by atoms with Crippen LogP contribution in [0.25, 0.3) is 11.3 Å². The first-order chi connectivity index (χ1) is 12.5. The number of benzene rings is 2. The lowest BCUT2D eigenvalue weighted by Crippen LogP contribution is -2.32. The van der Waals surface area contributed by atoms with Crippen molar-refractivity contribution >= 4 is 57.0 Å². The second-order valence-electron chi connectivity index (χ2n) is 5.96. The van der Waals surface area contributed by atoms with E-state index in [4.69, 9.17) is 23.8 Å². The van der Waals surface area contributed by atoms with Crippen LogP contribution in [0.2, 0.25) is 5.02 Å². The summed E-state index contributed by atoms with van der Waals surface area (Å²) in [5, 5.41) is 3.63. The van der Waals surface area contributed by atoms with Crippen molar-refractivity contribution in [2.75, 3.05) is 16.3 Å².